The van der Waals surface area contributed by atoms with Crippen molar-refractivity contribution in [1.82, 2.24) is 29.9 Å². The second-order valence-corrected chi connectivity index (χ2v) is 7.62. The van der Waals surface area contributed by atoms with Crippen LogP contribution in [0, 0.1) is 12.7 Å². The lowest BCUT2D eigenvalue weighted by Crippen LogP contribution is -2.13. The van der Waals surface area contributed by atoms with Gasteiger partial charge in [0, 0.05) is 5.56 Å². The second-order valence-electron chi connectivity index (χ2n) is 7.21. The van der Waals surface area contributed by atoms with Crippen LogP contribution in [0.25, 0.3) is 33.5 Å². The smallest absolute Gasteiger partial charge is 0.182 e. The van der Waals surface area contributed by atoms with Gasteiger partial charge in [0.1, 0.15) is 23.2 Å². The molecule has 5 aromatic rings. The second kappa shape index (κ2) is 7.55. The summed E-state index contributed by atoms with van der Waals surface area (Å²) in [7, 11) is 0. The van der Waals surface area contributed by atoms with E-state index < -0.39 is 0 Å². The average Bonchev–Trinajstić information content (AvgIpc) is 3.25. The molecule has 0 saturated heterocycles. The highest BCUT2D eigenvalue weighted by atomic mass is 35.5. The van der Waals surface area contributed by atoms with Crippen LogP contribution >= 0.6 is 11.6 Å². The van der Waals surface area contributed by atoms with Crippen LogP contribution in [0.2, 0.25) is 5.02 Å². The highest BCUT2D eigenvalue weighted by molar-refractivity contribution is 6.34. The lowest BCUT2D eigenvalue weighted by molar-refractivity contribution is 0.628. The molecule has 0 bridgehead atoms. The van der Waals surface area contributed by atoms with E-state index in [0.717, 1.165) is 5.56 Å². The SMILES string of the molecule is Cc1ccc(F)cc1-c1nc2c(Cl)cccc2nc1[C@H](C)Nc1ncnc2nc[nH]c12. The Morgan fingerprint density at radius 1 is 1.10 bits per heavy atom. The van der Waals surface area contributed by atoms with Gasteiger partial charge in [0.05, 0.1) is 34.3 Å². The van der Waals surface area contributed by atoms with Gasteiger partial charge in [-0.25, -0.2) is 29.3 Å². The van der Waals surface area contributed by atoms with E-state index in [1.54, 1.807) is 18.5 Å². The molecule has 5 rings (SSSR count). The number of imidazole rings is 1. The molecule has 0 aliphatic carbocycles. The number of rotatable bonds is 4. The van der Waals surface area contributed by atoms with Crippen LogP contribution in [-0.2, 0) is 0 Å². The summed E-state index contributed by atoms with van der Waals surface area (Å²) in [5, 5.41) is 3.85. The molecule has 3 aromatic heterocycles. The van der Waals surface area contributed by atoms with Crippen molar-refractivity contribution in [2.45, 2.75) is 19.9 Å². The number of aromatic amines is 1. The normalized spacial score (nSPS) is 12.4. The predicted octanol–water partition coefficient (Wildman–Crippen LogP) is 5.24. The average molecular weight is 434 g/mol. The molecule has 0 aliphatic rings. The Morgan fingerprint density at radius 2 is 1.97 bits per heavy atom. The standard InChI is InChI=1S/C22H17ClFN7/c1-11-6-7-13(24)8-14(11)18-17(30-16-5-3-4-15(23)19(16)31-18)12(2)29-22-20-21(26-9-25-20)27-10-28-22/h3-10,12H,1-2H3,(H2,25,26,27,28,29)/t12-/m0/s1. The zero-order chi connectivity index (χ0) is 21.5. The maximum atomic E-state index is 14.1. The third-order valence-electron chi connectivity index (χ3n) is 5.11. The van der Waals surface area contributed by atoms with Gasteiger partial charge in [0.2, 0.25) is 0 Å². The third-order valence-corrected chi connectivity index (χ3v) is 5.42. The number of nitrogens with one attached hydrogen (secondary N) is 2. The summed E-state index contributed by atoms with van der Waals surface area (Å²) >= 11 is 6.38. The van der Waals surface area contributed by atoms with Crippen LogP contribution in [0.1, 0.15) is 24.2 Å². The van der Waals surface area contributed by atoms with Gasteiger partial charge >= 0.3 is 0 Å². The Kier molecular flexibility index (Phi) is 4.71. The zero-order valence-electron chi connectivity index (χ0n) is 16.7. The lowest BCUT2D eigenvalue weighted by atomic mass is 10.0. The van der Waals surface area contributed by atoms with E-state index in [9.17, 15) is 4.39 Å². The number of nitrogens with zero attached hydrogens (tertiary/aromatic N) is 5. The van der Waals surface area contributed by atoms with Gasteiger partial charge in [-0.1, -0.05) is 23.7 Å². The largest absolute Gasteiger partial charge is 0.360 e. The molecule has 7 nitrogen and oxygen atoms in total. The molecule has 0 saturated carbocycles. The predicted molar refractivity (Wildman–Crippen MR) is 118 cm³/mol. The molecule has 0 aliphatic heterocycles. The van der Waals surface area contributed by atoms with Crippen LogP contribution in [-0.4, -0.2) is 29.9 Å². The summed E-state index contributed by atoms with van der Waals surface area (Å²) in [6, 6.07) is 9.75. The van der Waals surface area contributed by atoms with E-state index in [-0.39, 0.29) is 11.9 Å². The first-order chi connectivity index (χ1) is 15.0. The molecule has 2 aromatic carbocycles. The van der Waals surface area contributed by atoms with Crippen molar-refractivity contribution >= 4 is 39.6 Å². The number of aryl methyl sites for hydroxylation is 1. The summed E-state index contributed by atoms with van der Waals surface area (Å²) in [5.41, 5.74) is 5.22. The summed E-state index contributed by atoms with van der Waals surface area (Å²) in [6.07, 6.45) is 3.01. The molecule has 0 spiro atoms. The van der Waals surface area contributed by atoms with Crippen molar-refractivity contribution < 1.29 is 4.39 Å². The van der Waals surface area contributed by atoms with Crippen molar-refractivity contribution in [2.75, 3.05) is 5.32 Å². The topological polar surface area (TPSA) is 92.3 Å². The minimum absolute atomic E-state index is 0.310. The molecule has 154 valence electrons. The molecular formula is C22H17ClFN7. The summed E-state index contributed by atoms with van der Waals surface area (Å²) in [5.74, 6) is 0.244. The molecule has 1 atom stereocenters. The molecule has 2 N–H and O–H groups in total. The molecule has 3 heterocycles. The number of aromatic nitrogens is 6. The number of para-hydroxylation sites is 1. The Balaban J connectivity index is 1.69. The molecule has 0 fully saturated rings. The van der Waals surface area contributed by atoms with Crippen LogP contribution in [0.5, 0.6) is 0 Å². The molecule has 0 amide bonds. The first-order valence-corrected chi connectivity index (χ1v) is 10.0. The number of hydrogen-bond acceptors (Lipinski definition) is 6. The zero-order valence-corrected chi connectivity index (χ0v) is 17.4. The number of anilines is 1. The molecule has 0 radical (unpaired) electrons. The Bertz CT molecular complexity index is 1430. The highest BCUT2D eigenvalue weighted by Crippen LogP contribution is 2.33. The molecular weight excluding hydrogens is 417 g/mol. The van der Waals surface area contributed by atoms with Crippen molar-refractivity contribution in [3.8, 4) is 11.3 Å². The Labute approximate surface area is 181 Å². The van der Waals surface area contributed by atoms with Crippen LogP contribution in [0.3, 0.4) is 0 Å². The van der Waals surface area contributed by atoms with Crippen molar-refractivity contribution in [1.29, 1.82) is 0 Å². The summed E-state index contributed by atoms with van der Waals surface area (Å²) in [4.78, 5) is 25.3. The molecule has 9 heteroatoms. The van der Waals surface area contributed by atoms with Gasteiger partial charge in [-0.3, -0.25) is 0 Å². The fraction of sp³-hybridized carbons (Fsp3) is 0.136. The van der Waals surface area contributed by atoms with Crippen molar-refractivity contribution in [2.24, 2.45) is 0 Å². The molecule has 31 heavy (non-hydrogen) atoms. The van der Waals surface area contributed by atoms with Gasteiger partial charge in [-0.2, -0.15) is 0 Å². The maximum absolute atomic E-state index is 14.1. The van der Waals surface area contributed by atoms with E-state index in [4.69, 9.17) is 21.6 Å². The van der Waals surface area contributed by atoms with Gasteiger partial charge in [0.25, 0.3) is 0 Å². The van der Waals surface area contributed by atoms with Gasteiger partial charge in [-0.15, -0.1) is 0 Å². The van der Waals surface area contributed by atoms with E-state index in [2.05, 4.69) is 25.3 Å². The summed E-state index contributed by atoms with van der Waals surface area (Å²) < 4.78 is 14.1. The van der Waals surface area contributed by atoms with Gasteiger partial charge < -0.3 is 10.3 Å². The summed E-state index contributed by atoms with van der Waals surface area (Å²) in [6.45, 7) is 3.86. The lowest BCUT2D eigenvalue weighted by Gasteiger charge is -2.19. The van der Waals surface area contributed by atoms with Gasteiger partial charge in [-0.05, 0) is 43.7 Å². The Hall–Kier alpha value is -3.65. The fourth-order valence-corrected chi connectivity index (χ4v) is 3.77. The first-order valence-electron chi connectivity index (χ1n) is 9.64. The monoisotopic (exact) mass is 433 g/mol. The Morgan fingerprint density at radius 3 is 2.84 bits per heavy atom. The van der Waals surface area contributed by atoms with Gasteiger partial charge in [0.15, 0.2) is 11.5 Å². The maximum Gasteiger partial charge on any atom is 0.182 e. The van der Waals surface area contributed by atoms with E-state index >= 15 is 0 Å². The minimum atomic E-state index is -0.344. The van der Waals surface area contributed by atoms with Crippen molar-refractivity contribution in [3.63, 3.8) is 0 Å². The van der Waals surface area contributed by atoms with Crippen molar-refractivity contribution in [3.05, 3.63) is 71.2 Å². The minimum Gasteiger partial charge on any atom is -0.360 e. The van der Waals surface area contributed by atoms with Crippen LogP contribution in [0.15, 0.2) is 49.1 Å². The van der Waals surface area contributed by atoms with E-state index in [1.165, 1.54) is 18.5 Å². The number of fused-ring (bicyclic) bond motifs is 2. The quantitative estimate of drug-likeness (QED) is 0.403. The molecule has 0 unspecified atom stereocenters. The third kappa shape index (κ3) is 3.44. The van der Waals surface area contributed by atoms with Crippen LogP contribution in [0.4, 0.5) is 10.2 Å². The van der Waals surface area contributed by atoms with E-state index in [1.807, 2.05) is 26.0 Å². The highest BCUT2D eigenvalue weighted by Gasteiger charge is 2.21. The number of hydrogen-bond donors (Lipinski definition) is 2. The number of benzene rings is 2. The fourth-order valence-electron chi connectivity index (χ4n) is 3.55. The first kappa shape index (κ1) is 19.3. The number of halogens is 2. The van der Waals surface area contributed by atoms with E-state index in [0.29, 0.717) is 50.0 Å². The van der Waals surface area contributed by atoms with Crippen LogP contribution < -0.4 is 5.32 Å². The number of H-pyrrole nitrogens is 1.